The third-order valence-electron chi connectivity index (χ3n) is 7.58. The van der Waals surface area contributed by atoms with Crippen LogP contribution in [0.5, 0.6) is 0 Å². The number of nitrogens with one attached hydrogen (secondary N) is 2. The molecule has 32 heavy (non-hydrogen) atoms. The lowest BCUT2D eigenvalue weighted by atomic mass is 9.90. The number of amides is 3. The van der Waals surface area contributed by atoms with Crippen molar-refractivity contribution < 1.29 is 14.4 Å². The van der Waals surface area contributed by atoms with Gasteiger partial charge in [-0.2, -0.15) is 0 Å². The average Bonchev–Trinajstić information content (AvgIpc) is 3.28. The molecular weight excluding hydrogens is 404 g/mol. The summed E-state index contributed by atoms with van der Waals surface area (Å²) in [6, 6.07) is 5.72. The van der Waals surface area contributed by atoms with E-state index in [1.165, 1.54) is 0 Å². The van der Waals surface area contributed by atoms with E-state index in [2.05, 4.69) is 21.7 Å². The van der Waals surface area contributed by atoms with Crippen molar-refractivity contribution in [2.75, 3.05) is 13.1 Å². The van der Waals surface area contributed by atoms with E-state index < -0.39 is 6.04 Å². The van der Waals surface area contributed by atoms with Gasteiger partial charge in [-0.25, -0.2) is 0 Å². The third kappa shape index (κ3) is 3.53. The fourth-order valence-electron chi connectivity index (χ4n) is 5.73. The van der Waals surface area contributed by atoms with Crippen LogP contribution in [0.15, 0.2) is 18.2 Å². The summed E-state index contributed by atoms with van der Waals surface area (Å²) < 4.78 is 0. The first kappa shape index (κ1) is 20.9. The van der Waals surface area contributed by atoms with Crippen LogP contribution in [0.3, 0.4) is 0 Å². The molecule has 1 saturated carbocycles. The molecule has 4 atom stereocenters. The zero-order valence-electron chi connectivity index (χ0n) is 18.9. The maximum absolute atomic E-state index is 13.8. The second-order valence-electron chi connectivity index (χ2n) is 9.72. The molecule has 0 spiro atoms. The first-order valence-electron chi connectivity index (χ1n) is 11.6. The lowest BCUT2D eigenvalue weighted by Crippen LogP contribution is -2.56. The molecule has 2 bridgehead atoms. The van der Waals surface area contributed by atoms with Gasteiger partial charge in [0.05, 0.1) is 11.1 Å². The molecule has 7 nitrogen and oxygen atoms in total. The summed E-state index contributed by atoms with van der Waals surface area (Å²) in [5, 5.41) is 6.87. The van der Waals surface area contributed by atoms with Gasteiger partial charge in [0.25, 0.3) is 5.91 Å². The van der Waals surface area contributed by atoms with Crippen LogP contribution in [-0.2, 0) is 9.59 Å². The van der Waals surface area contributed by atoms with E-state index >= 15 is 0 Å². The summed E-state index contributed by atoms with van der Waals surface area (Å²) in [6.45, 7) is 7.26. The van der Waals surface area contributed by atoms with E-state index in [-0.39, 0.29) is 35.6 Å². The normalized spacial score (nSPS) is 27.0. The highest BCUT2D eigenvalue weighted by molar-refractivity contribution is 6.07. The van der Waals surface area contributed by atoms with Crippen molar-refractivity contribution in [2.45, 2.75) is 58.5 Å². The molecule has 1 aromatic carbocycles. The van der Waals surface area contributed by atoms with Crippen molar-refractivity contribution in [1.29, 1.82) is 0 Å². The van der Waals surface area contributed by atoms with Crippen LogP contribution in [0, 0.1) is 32.6 Å². The van der Waals surface area contributed by atoms with E-state index in [9.17, 15) is 14.4 Å². The molecule has 3 heterocycles. The van der Waals surface area contributed by atoms with Gasteiger partial charge in [-0.15, -0.1) is 0 Å². The predicted molar refractivity (Wildman–Crippen MR) is 121 cm³/mol. The second-order valence-corrected chi connectivity index (χ2v) is 9.72. The molecule has 2 aromatic rings. The van der Waals surface area contributed by atoms with Crippen LogP contribution >= 0.6 is 0 Å². The van der Waals surface area contributed by atoms with Gasteiger partial charge in [0.15, 0.2) is 0 Å². The number of hydrogen-bond donors (Lipinski definition) is 2. The van der Waals surface area contributed by atoms with E-state index in [0.717, 1.165) is 46.1 Å². The average molecular weight is 435 g/mol. The molecule has 1 aliphatic carbocycles. The van der Waals surface area contributed by atoms with Crippen molar-refractivity contribution in [3.8, 4) is 0 Å². The topological polar surface area (TPSA) is 91.4 Å². The maximum atomic E-state index is 13.8. The number of rotatable bonds is 3. The van der Waals surface area contributed by atoms with Crippen molar-refractivity contribution in [3.63, 3.8) is 0 Å². The number of hydrogen-bond acceptors (Lipinski definition) is 4. The third-order valence-corrected chi connectivity index (χ3v) is 7.58. The minimum atomic E-state index is -0.418. The van der Waals surface area contributed by atoms with Crippen LogP contribution in [0.4, 0.5) is 0 Å². The summed E-state index contributed by atoms with van der Waals surface area (Å²) in [6.07, 6.45) is 2.98. The lowest BCUT2D eigenvalue weighted by molar-refractivity contribution is -0.126. The van der Waals surface area contributed by atoms with Gasteiger partial charge in [-0.1, -0.05) is 11.6 Å². The molecule has 2 aliphatic heterocycles. The van der Waals surface area contributed by atoms with Gasteiger partial charge in [0.1, 0.15) is 6.04 Å². The first-order valence-corrected chi connectivity index (χ1v) is 11.6. The fraction of sp³-hybridized carbons (Fsp3) is 0.520. The molecule has 2 N–H and O–H groups in total. The van der Waals surface area contributed by atoms with E-state index in [4.69, 9.17) is 0 Å². The van der Waals surface area contributed by atoms with Crippen LogP contribution < -0.4 is 10.6 Å². The molecule has 1 aromatic heterocycles. The Kier molecular flexibility index (Phi) is 5.14. The standard InChI is InChI=1S/C25H30N4O3/c1-13-4-7-19-18(10-13)22(14(2)15(3)26-19)25(32)29-11-16-5-6-17(12-29)23(16)28-24(31)20-8-9-21(30)27-20/h4,7,10,16-17,20,23H,5-6,8-9,11-12H2,1-3H3,(H,27,30)(H,28,31)/t16-,17+,20?,23?. The predicted octanol–water partition coefficient (Wildman–Crippen LogP) is 2.41. The van der Waals surface area contributed by atoms with Crippen molar-refractivity contribution in [3.05, 3.63) is 40.6 Å². The number of fused-ring (bicyclic) bond motifs is 3. The quantitative estimate of drug-likeness (QED) is 0.776. The number of aryl methyl sites for hydroxylation is 2. The Labute approximate surface area is 187 Å². The zero-order valence-corrected chi connectivity index (χ0v) is 18.9. The number of aromatic nitrogens is 1. The molecular formula is C25H30N4O3. The highest BCUT2D eigenvalue weighted by Crippen LogP contribution is 2.38. The van der Waals surface area contributed by atoms with Gasteiger partial charge < -0.3 is 15.5 Å². The largest absolute Gasteiger partial charge is 0.351 e. The second kappa shape index (κ2) is 7.87. The van der Waals surface area contributed by atoms with Crippen LogP contribution in [0.2, 0.25) is 0 Å². The minimum Gasteiger partial charge on any atom is -0.351 e. The number of benzene rings is 1. The number of carbonyl (C=O) groups is 3. The summed E-state index contributed by atoms with van der Waals surface area (Å²) in [7, 11) is 0. The summed E-state index contributed by atoms with van der Waals surface area (Å²) in [4.78, 5) is 44.6. The van der Waals surface area contributed by atoms with Gasteiger partial charge in [-0.05, 0) is 69.6 Å². The number of piperidine rings is 1. The van der Waals surface area contributed by atoms with Crippen molar-refractivity contribution >= 4 is 28.6 Å². The van der Waals surface area contributed by atoms with Crippen molar-refractivity contribution in [1.82, 2.24) is 20.5 Å². The molecule has 2 saturated heterocycles. The van der Waals surface area contributed by atoms with Gasteiger partial charge >= 0.3 is 0 Å². The first-order chi connectivity index (χ1) is 15.3. The van der Waals surface area contributed by atoms with E-state index in [1.807, 2.05) is 37.8 Å². The summed E-state index contributed by atoms with van der Waals surface area (Å²) >= 11 is 0. The number of pyridine rings is 1. The molecule has 168 valence electrons. The minimum absolute atomic E-state index is 0.0565. The molecule has 2 unspecified atom stereocenters. The number of likely N-dealkylation sites (tertiary alicyclic amines) is 1. The lowest BCUT2D eigenvalue weighted by Gasteiger charge is -2.39. The maximum Gasteiger partial charge on any atom is 0.254 e. The van der Waals surface area contributed by atoms with Crippen LogP contribution in [0.1, 0.15) is 52.9 Å². The Balaban J connectivity index is 1.37. The molecule has 3 aliphatic rings. The van der Waals surface area contributed by atoms with Gasteiger partial charge in [0.2, 0.25) is 11.8 Å². The molecule has 5 rings (SSSR count). The Bertz CT molecular complexity index is 1110. The number of nitrogens with zero attached hydrogens (tertiary/aromatic N) is 2. The molecule has 3 fully saturated rings. The smallest absolute Gasteiger partial charge is 0.254 e. The highest BCUT2D eigenvalue weighted by atomic mass is 16.2. The molecule has 7 heteroatoms. The molecule has 3 amide bonds. The van der Waals surface area contributed by atoms with Crippen molar-refractivity contribution in [2.24, 2.45) is 11.8 Å². The monoisotopic (exact) mass is 434 g/mol. The Hall–Kier alpha value is -2.96. The number of carbonyl (C=O) groups excluding carboxylic acids is 3. The molecule has 0 radical (unpaired) electrons. The van der Waals surface area contributed by atoms with Crippen LogP contribution in [0.25, 0.3) is 10.9 Å². The summed E-state index contributed by atoms with van der Waals surface area (Å²) in [5.74, 6) is 0.414. The Morgan fingerprint density at radius 2 is 1.81 bits per heavy atom. The summed E-state index contributed by atoms with van der Waals surface area (Å²) in [5.41, 5.74) is 4.54. The highest BCUT2D eigenvalue weighted by Gasteiger charge is 2.45. The van der Waals surface area contributed by atoms with Gasteiger partial charge in [-0.3, -0.25) is 19.4 Å². The van der Waals surface area contributed by atoms with Gasteiger partial charge in [0, 0.05) is 36.6 Å². The van der Waals surface area contributed by atoms with Crippen LogP contribution in [-0.4, -0.2) is 52.8 Å². The van der Waals surface area contributed by atoms with E-state index in [0.29, 0.717) is 25.9 Å². The Morgan fingerprint density at radius 1 is 1.09 bits per heavy atom. The SMILES string of the molecule is Cc1ccc2nc(C)c(C)c(C(=O)N3C[C@H]4CC[C@@H](C3)C4NC(=O)C3CCC(=O)N3)c2c1. The van der Waals surface area contributed by atoms with E-state index in [1.54, 1.807) is 0 Å². The Morgan fingerprint density at radius 3 is 2.47 bits per heavy atom. The fourth-order valence-corrected chi connectivity index (χ4v) is 5.73. The zero-order chi connectivity index (χ0) is 22.6.